The van der Waals surface area contributed by atoms with E-state index >= 15 is 0 Å². The van der Waals surface area contributed by atoms with Crippen molar-refractivity contribution in [2.45, 2.75) is 32.2 Å². The summed E-state index contributed by atoms with van der Waals surface area (Å²) in [5.41, 5.74) is 6.10. The van der Waals surface area contributed by atoms with Crippen molar-refractivity contribution in [3.05, 3.63) is 35.1 Å². The SMILES string of the molecule is N/C(=N/O)c1cccc(CNCCCC2CC2)c1F. The van der Waals surface area contributed by atoms with Crippen molar-refractivity contribution in [3.63, 3.8) is 0 Å². The molecule has 0 heterocycles. The number of benzene rings is 1. The van der Waals surface area contributed by atoms with Crippen molar-refractivity contribution in [2.24, 2.45) is 16.8 Å². The zero-order chi connectivity index (χ0) is 13.7. The second-order valence-electron chi connectivity index (χ2n) is 5.03. The van der Waals surface area contributed by atoms with Gasteiger partial charge in [0.2, 0.25) is 0 Å². The van der Waals surface area contributed by atoms with E-state index in [1.54, 1.807) is 12.1 Å². The van der Waals surface area contributed by atoms with E-state index in [0.717, 1.165) is 18.9 Å². The maximum absolute atomic E-state index is 14.0. The highest BCUT2D eigenvalue weighted by Crippen LogP contribution is 2.33. The Hall–Kier alpha value is -1.62. The van der Waals surface area contributed by atoms with E-state index in [4.69, 9.17) is 10.9 Å². The highest BCUT2D eigenvalue weighted by molar-refractivity contribution is 5.97. The Labute approximate surface area is 112 Å². The molecule has 1 aliphatic carbocycles. The molecule has 1 saturated carbocycles. The molecule has 0 atom stereocenters. The van der Waals surface area contributed by atoms with E-state index in [2.05, 4.69) is 10.5 Å². The van der Waals surface area contributed by atoms with Gasteiger partial charge in [0.15, 0.2) is 5.84 Å². The fourth-order valence-electron chi connectivity index (χ4n) is 2.11. The van der Waals surface area contributed by atoms with Crippen molar-refractivity contribution in [1.82, 2.24) is 5.32 Å². The number of nitrogens with zero attached hydrogens (tertiary/aromatic N) is 1. The fourth-order valence-corrected chi connectivity index (χ4v) is 2.11. The van der Waals surface area contributed by atoms with Gasteiger partial charge in [-0.25, -0.2) is 4.39 Å². The summed E-state index contributed by atoms with van der Waals surface area (Å²) in [6.45, 7) is 1.35. The highest BCUT2D eigenvalue weighted by Gasteiger charge is 2.19. The molecule has 0 aliphatic heterocycles. The number of nitrogens with two attached hydrogens (primary N) is 1. The van der Waals surface area contributed by atoms with E-state index in [0.29, 0.717) is 12.1 Å². The molecular weight excluding hydrogens is 245 g/mol. The van der Waals surface area contributed by atoms with Crippen LogP contribution < -0.4 is 11.1 Å². The normalized spacial score (nSPS) is 15.7. The zero-order valence-corrected chi connectivity index (χ0v) is 10.9. The van der Waals surface area contributed by atoms with Gasteiger partial charge in [-0.2, -0.15) is 0 Å². The van der Waals surface area contributed by atoms with Crippen molar-refractivity contribution in [1.29, 1.82) is 0 Å². The molecule has 0 bridgehead atoms. The number of rotatable bonds is 7. The molecule has 104 valence electrons. The fraction of sp³-hybridized carbons (Fsp3) is 0.500. The van der Waals surface area contributed by atoms with Gasteiger partial charge in [-0.05, 0) is 31.4 Å². The molecule has 1 aliphatic rings. The van der Waals surface area contributed by atoms with Crippen LogP contribution in [0.1, 0.15) is 36.8 Å². The number of hydrogen-bond donors (Lipinski definition) is 3. The molecule has 0 aromatic heterocycles. The Morgan fingerprint density at radius 1 is 1.47 bits per heavy atom. The quantitative estimate of drug-likeness (QED) is 0.233. The molecule has 1 aromatic carbocycles. The topological polar surface area (TPSA) is 70.6 Å². The van der Waals surface area contributed by atoms with Crippen LogP contribution in [0.3, 0.4) is 0 Å². The van der Waals surface area contributed by atoms with Crippen LogP contribution in [0.5, 0.6) is 0 Å². The largest absolute Gasteiger partial charge is 0.409 e. The Bertz CT molecular complexity index is 458. The summed E-state index contributed by atoms with van der Waals surface area (Å²) in [6.07, 6.45) is 5.14. The molecule has 2 rings (SSSR count). The lowest BCUT2D eigenvalue weighted by Gasteiger charge is -2.08. The number of amidine groups is 1. The van der Waals surface area contributed by atoms with Crippen molar-refractivity contribution in [2.75, 3.05) is 6.54 Å². The van der Waals surface area contributed by atoms with Crippen LogP contribution in [0.2, 0.25) is 0 Å². The Morgan fingerprint density at radius 3 is 2.95 bits per heavy atom. The van der Waals surface area contributed by atoms with Gasteiger partial charge in [0.25, 0.3) is 0 Å². The van der Waals surface area contributed by atoms with Crippen molar-refractivity contribution in [3.8, 4) is 0 Å². The summed E-state index contributed by atoms with van der Waals surface area (Å²) < 4.78 is 14.0. The van der Waals surface area contributed by atoms with E-state index < -0.39 is 5.82 Å². The minimum atomic E-state index is -0.424. The zero-order valence-electron chi connectivity index (χ0n) is 10.9. The van der Waals surface area contributed by atoms with Gasteiger partial charge in [-0.1, -0.05) is 30.1 Å². The minimum Gasteiger partial charge on any atom is -0.409 e. The lowest BCUT2D eigenvalue weighted by atomic mass is 10.1. The molecule has 0 radical (unpaired) electrons. The molecule has 0 saturated heterocycles. The molecule has 19 heavy (non-hydrogen) atoms. The molecule has 4 nitrogen and oxygen atoms in total. The molecule has 0 spiro atoms. The summed E-state index contributed by atoms with van der Waals surface area (Å²) in [5.74, 6) is 0.308. The van der Waals surface area contributed by atoms with Gasteiger partial charge < -0.3 is 16.3 Å². The van der Waals surface area contributed by atoms with Crippen LogP contribution in [0.25, 0.3) is 0 Å². The van der Waals surface area contributed by atoms with E-state index in [1.807, 2.05) is 0 Å². The smallest absolute Gasteiger partial charge is 0.173 e. The lowest BCUT2D eigenvalue weighted by molar-refractivity contribution is 0.318. The summed E-state index contributed by atoms with van der Waals surface area (Å²) in [4.78, 5) is 0. The Balaban J connectivity index is 1.85. The molecule has 1 fully saturated rings. The first kappa shape index (κ1) is 13.8. The number of hydrogen-bond acceptors (Lipinski definition) is 3. The molecule has 1 aromatic rings. The van der Waals surface area contributed by atoms with Crippen LogP contribution in [-0.2, 0) is 6.54 Å². The lowest BCUT2D eigenvalue weighted by Crippen LogP contribution is -2.19. The predicted molar refractivity (Wildman–Crippen MR) is 72.6 cm³/mol. The number of nitrogens with one attached hydrogen (secondary N) is 1. The minimum absolute atomic E-state index is 0.139. The summed E-state index contributed by atoms with van der Waals surface area (Å²) in [6, 6.07) is 4.91. The van der Waals surface area contributed by atoms with Crippen LogP contribution >= 0.6 is 0 Å². The van der Waals surface area contributed by atoms with Crippen LogP contribution in [0.15, 0.2) is 23.4 Å². The first-order valence-corrected chi connectivity index (χ1v) is 6.68. The van der Waals surface area contributed by atoms with Gasteiger partial charge in [-0.15, -0.1) is 0 Å². The second-order valence-corrected chi connectivity index (χ2v) is 5.03. The molecular formula is C14H20FN3O. The average molecular weight is 265 g/mol. The number of oxime groups is 1. The first-order chi connectivity index (χ1) is 9.22. The first-order valence-electron chi connectivity index (χ1n) is 6.68. The molecule has 0 unspecified atom stereocenters. The van der Waals surface area contributed by atoms with E-state index in [-0.39, 0.29) is 11.4 Å². The predicted octanol–water partition coefficient (Wildman–Crippen LogP) is 2.20. The van der Waals surface area contributed by atoms with Gasteiger partial charge in [0.1, 0.15) is 5.82 Å². The van der Waals surface area contributed by atoms with Gasteiger partial charge in [0, 0.05) is 12.1 Å². The molecule has 5 heteroatoms. The van der Waals surface area contributed by atoms with Crippen LogP contribution in [0.4, 0.5) is 4.39 Å². The third-order valence-corrected chi connectivity index (χ3v) is 3.44. The molecule has 4 N–H and O–H groups in total. The third kappa shape index (κ3) is 3.92. The third-order valence-electron chi connectivity index (χ3n) is 3.44. The van der Waals surface area contributed by atoms with E-state index in [1.165, 1.54) is 25.3 Å². The maximum atomic E-state index is 14.0. The summed E-state index contributed by atoms with van der Waals surface area (Å²) in [5, 5.41) is 14.6. The van der Waals surface area contributed by atoms with Crippen LogP contribution in [0, 0.1) is 11.7 Å². The number of halogens is 1. The van der Waals surface area contributed by atoms with E-state index in [9.17, 15) is 4.39 Å². The van der Waals surface area contributed by atoms with Crippen molar-refractivity contribution < 1.29 is 9.60 Å². The average Bonchev–Trinajstić information content (AvgIpc) is 3.23. The van der Waals surface area contributed by atoms with Gasteiger partial charge >= 0.3 is 0 Å². The second kappa shape index (κ2) is 6.52. The summed E-state index contributed by atoms with van der Waals surface area (Å²) >= 11 is 0. The van der Waals surface area contributed by atoms with Gasteiger partial charge in [0.05, 0.1) is 5.56 Å². The van der Waals surface area contributed by atoms with Crippen LogP contribution in [-0.4, -0.2) is 17.6 Å². The monoisotopic (exact) mass is 265 g/mol. The van der Waals surface area contributed by atoms with Gasteiger partial charge in [-0.3, -0.25) is 0 Å². The standard InChI is InChI=1S/C14H20FN3O/c15-13-11(4-1-5-12(13)14(16)18-19)9-17-8-2-3-10-6-7-10/h1,4-5,10,17,19H,2-3,6-9H2,(H2,16,18). The summed E-state index contributed by atoms with van der Waals surface area (Å²) in [7, 11) is 0. The molecule has 0 amide bonds. The maximum Gasteiger partial charge on any atom is 0.173 e. The Kier molecular flexibility index (Phi) is 4.74. The highest BCUT2D eigenvalue weighted by atomic mass is 19.1. The van der Waals surface area contributed by atoms with Crippen molar-refractivity contribution >= 4 is 5.84 Å². The Morgan fingerprint density at radius 2 is 2.26 bits per heavy atom.